The fourth-order valence-electron chi connectivity index (χ4n) is 5.43. The van der Waals surface area contributed by atoms with Crippen LogP contribution >= 0.6 is 0 Å². The third kappa shape index (κ3) is 5.84. The third-order valence-electron chi connectivity index (χ3n) is 7.60. The summed E-state index contributed by atoms with van der Waals surface area (Å²) < 4.78 is 80.1. The Morgan fingerprint density at radius 2 is 1.84 bits per heavy atom. The Bertz CT molecular complexity index is 1870. The maximum absolute atomic E-state index is 14.8. The summed E-state index contributed by atoms with van der Waals surface area (Å²) in [6.45, 7) is 2.63. The standard InChI is InChI=1S/C29H26F4N6O3S/c1-17-26(28(40)36-21-4-2-20-15-34-7-6-18(20)12-21)27(19-3-5-23(24(30)13-19)29(31,32)33)39-25(35-17)14-22(37-39)16-38-8-10-43(41,42)11-9-38/h2-7,12-15,27,35H,8-11,16H2,1H3,(H,36,40). The quantitative estimate of drug-likeness (QED) is 0.313. The summed E-state index contributed by atoms with van der Waals surface area (Å²) >= 11 is 0. The van der Waals surface area contributed by atoms with E-state index in [4.69, 9.17) is 0 Å². The molecule has 2 aromatic carbocycles. The molecule has 1 amide bonds. The van der Waals surface area contributed by atoms with Crippen LogP contribution in [0, 0.1) is 5.82 Å². The maximum Gasteiger partial charge on any atom is 0.419 e. The second-order valence-electron chi connectivity index (χ2n) is 10.6. The number of anilines is 2. The van der Waals surface area contributed by atoms with Crippen molar-refractivity contribution in [3.63, 3.8) is 0 Å². The van der Waals surface area contributed by atoms with Crippen molar-refractivity contribution in [2.45, 2.75) is 25.7 Å². The zero-order valence-electron chi connectivity index (χ0n) is 22.8. The number of alkyl halides is 3. The highest BCUT2D eigenvalue weighted by molar-refractivity contribution is 7.91. The monoisotopic (exact) mass is 614 g/mol. The van der Waals surface area contributed by atoms with E-state index in [2.05, 4.69) is 20.7 Å². The van der Waals surface area contributed by atoms with Gasteiger partial charge in [0.25, 0.3) is 5.91 Å². The number of nitrogens with one attached hydrogen (secondary N) is 2. The number of aromatic nitrogens is 3. The Morgan fingerprint density at radius 1 is 1.07 bits per heavy atom. The summed E-state index contributed by atoms with van der Waals surface area (Å²) in [7, 11) is -3.08. The first-order valence-electron chi connectivity index (χ1n) is 13.4. The van der Waals surface area contributed by atoms with Gasteiger partial charge in [0.05, 0.1) is 28.3 Å². The molecule has 6 rings (SSSR count). The molecule has 0 saturated carbocycles. The van der Waals surface area contributed by atoms with Crippen LogP contribution in [0.3, 0.4) is 0 Å². The van der Waals surface area contributed by atoms with Gasteiger partial charge in [-0.05, 0) is 48.2 Å². The number of amides is 1. The minimum absolute atomic E-state index is 0.0303. The van der Waals surface area contributed by atoms with Crippen molar-refractivity contribution in [2.75, 3.05) is 35.2 Å². The van der Waals surface area contributed by atoms with Gasteiger partial charge in [0, 0.05) is 54.9 Å². The van der Waals surface area contributed by atoms with Crippen molar-refractivity contribution >= 4 is 38.0 Å². The Kier molecular flexibility index (Phi) is 7.21. The molecule has 9 nitrogen and oxygen atoms in total. The highest BCUT2D eigenvalue weighted by Crippen LogP contribution is 2.39. The van der Waals surface area contributed by atoms with Crippen LogP contribution in [-0.2, 0) is 27.4 Å². The van der Waals surface area contributed by atoms with E-state index in [0.29, 0.717) is 48.6 Å². The number of allylic oxidation sites excluding steroid dienone is 1. The average Bonchev–Trinajstić information content (AvgIpc) is 3.34. The molecule has 1 saturated heterocycles. The van der Waals surface area contributed by atoms with Crippen LogP contribution in [0.4, 0.5) is 29.1 Å². The fraction of sp³-hybridized carbons (Fsp3) is 0.276. The molecule has 0 spiro atoms. The van der Waals surface area contributed by atoms with E-state index in [0.717, 1.165) is 22.9 Å². The van der Waals surface area contributed by atoms with Gasteiger partial charge in [0.2, 0.25) is 0 Å². The van der Waals surface area contributed by atoms with E-state index in [9.17, 15) is 30.8 Å². The number of carbonyl (C=O) groups excluding carboxylic acids is 1. The van der Waals surface area contributed by atoms with Crippen molar-refractivity contribution in [3.8, 4) is 0 Å². The molecule has 2 aromatic heterocycles. The number of hydrogen-bond acceptors (Lipinski definition) is 7. The minimum atomic E-state index is -4.89. The van der Waals surface area contributed by atoms with E-state index < -0.39 is 39.3 Å². The van der Waals surface area contributed by atoms with Crippen LogP contribution < -0.4 is 10.6 Å². The molecule has 0 aliphatic carbocycles. The first-order chi connectivity index (χ1) is 20.4. The van der Waals surface area contributed by atoms with E-state index in [1.807, 2.05) is 4.90 Å². The molecule has 2 aliphatic rings. The van der Waals surface area contributed by atoms with E-state index in [1.165, 1.54) is 4.68 Å². The van der Waals surface area contributed by atoms with Crippen LogP contribution in [0.5, 0.6) is 0 Å². The number of sulfone groups is 1. The molecule has 0 bridgehead atoms. The molecule has 1 atom stereocenters. The predicted molar refractivity (Wildman–Crippen MR) is 152 cm³/mol. The molecule has 2 N–H and O–H groups in total. The van der Waals surface area contributed by atoms with Crippen LogP contribution in [0.25, 0.3) is 10.8 Å². The van der Waals surface area contributed by atoms with Crippen molar-refractivity contribution in [3.05, 3.63) is 94.8 Å². The number of nitrogens with zero attached hydrogens (tertiary/aromatic N) is 4. The molecule has 0 radical (unpaired) electrons. The topological polar surface area (TPSA) is 109 Å². The summed E-state index contributed by atoms with van der Waals surface area (Å²) in [6, 6.07) is 10.3. The van der Waals surface area contributed by atoms with Crippen molar-refractivity contribution in [2.24, 2.45) is 0 Å². The van der Waals surface area contributed by atoms with Gasteiger partial charge >= 0.3 is 6.18 Å². The van der Waals surface area contributed by atoms with E-state index in [-0.39, 0.29) is 22.6 Å². The number of fused-ring (bicyclic) bond motifs is 2. The molecule has 224 valence electrons. The third-order valence-corrected chi connectivity index (χ3v) is 9.21. The molecule has 1 unspecified atom stereocenters. The lowest BCUT2D eigenvalue weighted by Gasteiger charge is -2.30. The van der Waals surface area contributed by atoms with Crippen molar-refractivity contribution in [1.29, 1.82) is 0 Å². The average molecular weight is 615 g/mol. The lowest BCUT2D eigenvalue weighted by molar-refractivity contribution is -0.140. The normalized spacial score (nSPS) is 18.8. The van der Waals surface area contributed by atoms with Gasteiger partial charge in [0.1, 0.15) is 17.7 Å². The Balaban J connectivity index is 1.37. The van der Waals surface area contributed by atoms with Crippen LogP contribution in [0.1, 0.15) is 29.8 Å². The molecule has 1 fully saturated rings. The van der Waals surface area contributed by atoms with E-state index in [1.54, 1.807) is 49.6 Å². The molecule has 43 heavy (non-hydrogen) atoms. The first kappa shape index (κ1) is 28.8. The van der Waals surface area contributed by atoms with Gasteiger partial charge in [-0.15, -0.1) is 0 Å². The highest BCUT2D eigenvalue weighted by atomic mass is 32.2. The van der Waals surface area contributed by atoms with Crippen LogP contribution in [0.15, 0.2) is 72.2 Å². The Morgan fingerprint density at radius 3 is 2.56 bits per heavy atom. The van der Waals surface area contributed by atoms with Crippen molar-refractivity contribution in [1.82, 2.24) is 19.7 Å². The van der Waals surface area contributed by atoms with Crippen molar-refractivity contribution < 1.29 is 30.8 Å². The minimum Gasteiger partial charge on any atom is -0.344 e. The first-order valence-corrected chi connectivity index (χ1v) is 15.2. The Labute approximate surface area is 244 Å². The lowest BCUT2D eigenvalue weighted by atomic mass is 9.93. The zero-order chi connectivity index (χ0) is 30.5. The van der Waals surface area contributed by atoms with Gasteiger partial charge in [-0.2, -0.15) is 18.3 Å². The van der Waals surface area contributed by atoms with Crippen LogP contribution in [-0.4, -0.2) is 58.6 Å². The fourth-order valence-corrected chi connectivity index (χ4v) is 6.71. The van der Waals surface area contributed by atoms with Gasteiger partial charge in [-0.1, -0.05) is 12.1 Å². The summed E-state index contributed by atoms with van der Waals surface area (Å²) in [6.07, 6.45) is -1.58. The second-order valence-corrected chi connectivity index (χ2v) is 12.9. The number of benzene rings is 2. The molecular weight excluding hydrogens is 588 g/mol. The number of carbonyl (C=O) groups is 1. The lowest BCUT2D eigenvalue weighted by Crippen LogP contribution is -2.39. The Hall–Kier alpha value is -4.30. The largest absolute Gasteiger partial charge is 0.419 e. The number of hydrogen-bond donors (Lipinski definition) is 2. The predicted octanol–water partition coefficient (Wildman–Crippen LogP) is 4.75. The van der Waals surface area contributed by atoms with E-state index >= 15 is 0 Å². The summed E-state index contributed by atoms with van der Waals surface area (Å²) in [5, 5.41) is 12.4. The number of pyridine rings is 1. The number of halogens is 4. The maximum atomic E-state index is 14.8. The molecular formula is C29H26F4N6O3S. The SMILES string of the molecule is CC1=C(C(=O)Nc2ccc3cnccc3c2)C(c2ccc(C(F)(F)F)c(F)c2)n2nc(CN3CCS(=O)(=O)CC3)cc2N1. The summed E-state index contributed by atoms with van der Waals surface area (Å²) in [4.78, 5) is 19.8. The molecule has 4 heterocycles. The smallest absolute Gasteiger partial charge is 0.344 e. The number of rotatable bonds is 5. The molecule has 4 aromatic rings. The molecule has 14 heteroatoms. The van der Waals surface area contributed by atoms with Gasteiger partial charge < -0.3 is 10.6 Å². The highest BCUT2D eigenvalue weighted by Gasteiger charge is 2.37. The zero-order valence-corrected chi connectivity index (χ0v) is 23.6. The second kappa shape index (κ2) is 10.8. The van der Waals surface area contributed by atoms with Crippen LogP contribution in [0.2, 0.25) is 0 Å². The van der Waals surface area contributed by atoms with Gasteiger partial charge in [-0.25, -0.2) is 17.5 Å². The van der Waals surface area contributed by atoms with Gasteiger partial charge in [-0.3, -0.25) is 14.7 Å². The summed E-state index contributed by atoms with van der Waals surface area (Å²) in [5.74, 6) is -1.50. The summed E-state index contributed by atoms with van der Waals surface area (Å²) in [5.41, 5.74) is 0.270. The molecule has 2 aliphatic heterocycles. The van der Waals surface area contributed by atoms with Gasteiger partial charge in [0.15, 0.2) is 9.84 Å².